The summed E-state index contributed by atoms with van der Waals surface area (Å²) in [7, 11) is 0. The summed E-state index contributed by atoms with van der Waals surface area (Å²) in [6.07, 6.45) is 8.79. The van der Waals surface area contributed by atoms with E-state index in [2.05, 4.69) is 10.3 Å². The molecule has 3 aromatic rings. The van der Waals surface area contributed by atoms with E-state index >= 15 is 0 Å². The van der Waals surface area contributed by atoms with Crippen molar-refractivity contribution in [2.75, 3.05) is 5.32 Å². The summed E-state index contributed by atoms with van der Waals surface area (Å²) >= 11 is 0. The van der Waals surface area contributed by atoms with E-state index in [0.29, 0.717) is 0 Å². The Kier molecular flexibility index (Phi) is 4.64. The predicted octanol–water partition coefficient (Wildman–Crippen LogP) is 3.58. The van der Waals surface area contributed by atoms with Crippen LogP contribution in [0, 0.1) is 0 Å². The first-order valence-corrected chi connectivity index (χ1v) is 7.38. The fraction of sp³-hybridized carbons (Fsp3) is 0.0526. The lowest BCUT2D eigenvalue weighted by molar-refractivity contribution is -0.111. The second-order valence-corrected chi connectivity index (χ2v) is 5.17. The molecule has 2 aromatic carbocycles. The third kappa shape index (κ3) is 4.41. The van der Waals surface area contributed by atoms with Crippen LogP contribution in [0.15, 0.2) is 79.4 Å². The molecule has 1 aromatic heterocycles. The van der Waals surface area contributed by atoms with Crippen molar-refractivity contribution in [3.8, 4) is 0 Å². The van der Waals surface area contributed by atoms with Gasteiger partial charge in [0.25, 0.3) is 0 Å². The summed E-state index contributed by atoms with van der Waals surface area (Å²) in [5, 5.41) is 2.85. The second-order valence-electron chi connectivity index (χ2n) is 5.17. The minimum absolute atomic E-state index is 0.142. The molecule has 1 N–H and O–H groups in total. The third-order valence-corrected chi connectivity index (χ3v) is 3.37. The minimum Gasteiger partial charge on any atom is -0.333 e. The van der Waals surface area contributed by atoms with Gasteiger partial charge in [0.1, 0.15) is 0 Å². The molecule has 0 spiro atoms. The monoisotopic (exact) mass is 303 g/mol. The van der Waals surface area contributed by atoms with Crippen molar-refractivity contribution in [3.05, 3.63) is 90.5 Å². The molecule has 1 heterocycles. The standard InChI is InChI=1S/C19H17N3O/c23-19(11-8-16-4-2-1-3-5-16)21-18-9-6-17(7-10-18)14-22-13-12-20-15-22/h1-13,15H,14H2,(H,21,23)/b11-8+. The smallest absolute Gasteiger partial charge is 0.248 e. The number of carbonyl (C=O) groups is 1. The fourth-order valence-corrected chi connectivity index (χ4v) is 2.20. The van der Waals surface area contributed by atoms with Gasteiger partial charge in [-0.15, -0.1) is 0 Å². The Morgan fingerprint density at radius 1 is 1.09 bits per heavy atom. The highest BCUT2D eigenvalue weighted by Crippen LogP contribution is 2.11. The largest absolute Gasteiger partial charge is 0.333 e. The van der Waals surface area contributed by atoms with Crippen molar-refractivity contribution >= 4 is 17.7 Å². The van der Waals surface area contributed by atoms with E-state index in [0.717, 1.165) is 23.4 Å². The number of nitrogens with zero attached hydrogens (tertiary/aromatic N) is 2. The topological polar surface area (TPSA) is 46.9 Å². The minimum atomic E-state index is -0.142. The maximum absolute atomic E-state index is 11.9. The van der Waals surface area contributed by atoms with Gasteiger partial charge in [-0.1, -0.05) is 42.5 Å². The van der Waals surface area contributed by atoms with Gasteiger partial charge in [-0.3, -0.25) is 4.79 Å². The highest BCUT2D eigenvalue weighted by Gasteiger charge is 1.99. The van der Waals surface area contributed by atoms with Crippen LogP contribution in [-0.2, 0) is 11.3 Å². The Balaban J connectivity index is 1.57. The van der Waals surface area contributed by atoms with Gasteiger partial charge < -0.3 is 9.88 Å². The molecule has 1 amide bonds. The number of amides is 1. The molecule has 0 bridgehead atoms. The van der Waals surface area contributed by atoms with Crippen LogP contribution in [0.3, 0.4) is 0 Å². The molecule has 0 fully saturated rings. The summed E-state index contributed by atoms with van der Waals surface area (Å²) in [6.45, 7) is 0.766. The molecule has 0 saturated heterocycles. The first-order chi connectivity index (χ1) is 11.3. The molecule has 23 heavy (non-hydrogen) atoms. The van der Waals surface area contributed by atoms with Crippen LogP contribution in [-0.4, -0.2) is 15.5 Å². The van der Waals surface area contributed by atoms with Crippen LogP contribution in [0.4, 0.5) is 5.69 Å². The first kappa shape index (κ1) is 14.8. The Morgan fingerprint density at radius 2 is 1.87 bits per heavy atom. The molecule has 4 nitrogen and oxygen atoms in total. The lowest BCUT2D eigenvalue weighted by Gasteiger charge is -2.05. The van der Waals surface area contributed by atoms with E-state index in [1.165, 1.54) is 6.08 Å². The summed E-state index contributed by atoms with van der Waals surface area (Å²) in [5.74, 6) is -0.142. The van der Waals surface area contributed by atoms with Crippen molar-refractivity contribution in [2.45, 2.75) is 6.54 Å². The van der Waals surface area contributed by atoms with E-state index in [-0.39, 0.29) is 5.91 Å². The number of benzene rings is 2. The maximum atomic E-state index is 11.9. The number of carbonyl (C=O) groups excluding carboxylic acids is 1. The Hall–Kier alpha value is -3.14. The molecular formula is C19H17N3O. The molecule has 0 radical (unpaired) electrons. The van der Waals surface area contributed by atoms with E-state index < -0.39 is 0 Å². The number of aromatic nitrogens is 2. The zero-order chi connectivity index (χ0) is 15.9. The zero-order valence-corrected chi connectivity index (χ0v) is 12.6. The van der Waals surface area contributed by atoms with Crippen molar-refractivity contribution < 1.29 is 4.79 Å². The summed E-state index contributed by atoms with van der Waals surface area (Å²) in [4.78, 5) is 15.9. The fourth-order valence-electron chi connectivity index (χ4n) is 2.20. The van der Waals surface area contributed by atoms with Crippen molar-refractivity contribution in [1.82, 2.24) is 9.55 Å². The van der Waals surface area contributed by atoms with E-state index in [4.69, 9.17) is 0 Å². The molecule has 0 aliphatic carbocycles. The van der Waals surface area contributed by atoms with Crippen molar-refractivity contribution in [2.24, 2.45) is 0 Å². The molecular weight excluding hydrogens is 286 g/mol. The number of nitrogens with one attached hydrogen (secondary N) is 1. The van der Waals surface area contributed by atoms with Crippen molar-refractivity contribution in [1.29, 1.82) is 0 Å². The van der Waals surface area contributed by atoms with Gasteiger partial charge >= 0.3 is 0 Å². The highest BCUT2D eigenvalue weighted by atomic mass is 16.1. The lowest BCUT2D eigenvalue weighted by atomic mass is 10.2. The summed E-state index contributed by atoms with van der Waals surface area (Å²) in [6, 6.07) is 17.5. The average Bonchev–Trinajstić information content (AvgIpc) is 3.09. The lowest BCUT2D eigenvalue weighted by Crippen LogP contribution is -2.07. The molecule has 0 saturated carbocycles. The van der Waals surface area contributed by atoms with Crippen LogP contribution >= 0.6 is 0 Å². The number of hydrogen-bond acceptors (Lipinski definition) is 2. The summed E-state index contributed by atoms with van der Waals surface area (Å²) < 4.78 is 2.00. The van der Waals surface area contributed by atoms with Crippen LogP contribution in [0.5, 0.6) is 0 Å². The van der Waals surface area contributed by atoms with Gasteiger partial charge in [0, 0.05) is 30.7 Å². The van der Waals surface area contributed by atoms with Crippen LogP contribution in [0.1, 0.15) is 11.1 Å². The average molecular weight is 303 g/mol. The van der Waals surface area contributed by atoms with Gasteiger partial charge in [-0.05, 0) is 29.3 Å². The van der Waals surface area contributed by atoms with E-state index in [9.17, 15) is 4.79 Å². The Bertz CT molecular complexity index is 775. The number of imidazole rings is 1. The molecule has 0 aliphatic heterocycles. The zero-order valence-electron chi connectivity index (χ0n) is 12.6. The first-order valence-electron chi connectivity index (χ1n) is 7.38. The van der Waals surface area contributed by atoms with Gasteiger partial charge in [-0.2, -0.15) is 0 Å². The Labute approximate surface area is 135 Å². The molecule has 114 valence electrons. The van der Waals surface area contributed by atoms with Gasteiger partial charge in [0.2, 0.25) is 5.91 Å². The molecule has 0 aliphatic rings. The van der Waals surface area contributed by atoms with Gasteiger partial charge in [0.05, 0.1) is 6.33 Å². The quantitative estimate of drug-likeness (QED) is 0.732. The second kappa shape index (κ2) is 7.22. The van der Waals surface area contributed by atoms with Crippen molar-refractivity contribution in [3.63, 3.8) is 0 Å². The molecule has 4 heteroatoms. The summed E-state index contributed by atoms with van der Waals surface area (Å²) in [5.41, 5.74) is 2.93. The number of hydrogen-bond donors (Lipinski definition) is 1. The normalized spacial score (nSPS) is 10.8. The van der Waals surface area contributed by atoms with E-state index in [1.807, 2.05) is 65.4 Å². The number of rotatable bonds is 5. The molecule has 3 rings (SSSR count). The SMILES string of the molecule is O=C(/C=C/c1ccccc1)Nc1ccc(Cn2ccnc2)cc1. The third-order valence-electron chi connectivity index (χ3n) is 3.37. The maximum Gasteiger partial charge on any atom is 0.248 e. The van der Waals surface area contributed by atoms with Crippen LogP contribution < -0.4 is 5.32 Å². The highest BCUT2D eigenvalue weighted by molar-refractivity contribution is 6.01. The predicted molar refractivity (Wildman–Crippen MR) is 91.9 cm³/mol. The number of anilines is 1. The molecule has 0 atom stereocenters. The van der Waals surface area contributed by atoms with Crippen LogP contribution in [0.2, 0.25) is 0 Å². The van der Waals surface area contributed by atoms with Gasteiger partial charge in [0.15, 0.2) is 0 Å². The molecule has 0 unspecified atom stereocenters. The van der Waals surface area contributed by atoms with Gasteiger partial charge in [-0.25, -0.2) is 4.98 Å². The Morgan fingerprint density at radius 3 is 2.57 bits per heavy atom. The van der Waals surface area contributed by atoms with E-state index in [1.54, 1.807) is 18.6 Å². The van der Waals surface area contributed by atoms with Crippen LogP contribution in [0.25, 0.3) is 6.08 Å².